The molecule has 0 aliphatic carbocycles. The van der Waals surface area contributed by atoms with Gasteiger partial charge in [-0.3, -0.25) is 0 Å². The van der Waals surface area contributed by atoms with E-state index in [1.807, 2.05) is 0 Å². The molecule has 0 fully saturated rings. The SMILES string of the molecule is N#CC#N.N=C=S. The molecule has 0 bridgehead atoms. The molecule has 0 spiro atoms. The minimum absolute atomic E-state index is 1.24. The standard InChI is InChI=1S/C2N2.CHNS/c3-1-2-4;2-1-3/h;2H. The molecule has 0 saturated heterocycles. The van der Waals surface area contributed by atoms with Gasteiger partial charge in [-0.05, 0) is 12.2 Å². The molecular formula is C3HN3S. The van der Waals surface area contributed by atoms with E-state index in [1.165, 1.54) is 12.1 Å². The molecule has 0 amide bonds. The minimum Gasteiger partial charge on any atom is -0.248 e. The van der Waals surface area contributed by atoms with Crippen LogP contribution in [0.15, 0.2) is 0 Å². The van der Waals surface area contributed by atoms with Crippen molar-refractivity contribution in [3.8, 4) is 12.1 Å². The van der Waals surface area contributed by atoms with Crippen LogP contribution in [0.2, 0.25) is 0 Å². The van der Waals surface area contributed by atoms with Crippen molar-refractivity contribution in [1.82, 2.24) is 0 Å². The van der Waals surface area contributed by atoms with E-state index >= 15 is 0 Å². The molecule has 0 aromatic rings. The molecule has 0 saturated carbocycles. The van der Waals surface area contributed by atoms with Gasteiger partial charge in [0.25, 0.3) is 0 Å². The van der Waals surface area contributed by atoms with E-state index in [4.69, 9.17) is 15.9 Å². The quantitative estimate of drug-likeness (QED) is 0.369. The van der Waals surface area contributed by atoms with Crippen LogP contribution in [0.3, 0.4) is 0 Å². The van der Waals surface area contributed by atoms with Crippen molar-refractivity contribution in [2.75, 3.05) is 0 Å². The summed E-state index contributed by atoms with van der Waals surface area (Å²) in [6.07, 6.45) is 0. The Morgan fingerprint density at radius 2 is 1.43 bits per heavy atom. The van der Waals surface area contributed by atoms with E-state index in [0.29, 0.717) is 0 Å². The fourth-order valence-corrected chi connectivity index (χ4v) is 0. The van der Waals surface area contributed by atoms with Gasteiger partial charge >= 0.3 is 0 Å². The van der Waals surface area contributed by atoms with Gasteiger partial charge in [0.15, 0.2) is 12.1 Å². The Labute approximate surface area is 46.3 Å². The van der Waals surface area contributed by atoms with Gasteiger partial charge in [0.1, 0.15) is 0 Å². The minimum atomic E-state index is 1.24. The van der Waals surface area contributed by atoms with Gasteiger partial charge in [0.2, 0.25) is 0 Å². The second-order valence-corrected chi connectivity index (χ2v) is 0.530. The lowest BCUT2D eigenvalue weighted by Gasteiger charge is -1.16. The van der Waals surface area contributed by atoms with E-state index in [0.717, 1.165) is 0 Å². The maximum Gasteiger partial charge on any atom is 0.181 e. The monoisotopic (exact) mass is 111 g/mol. The molecule has 0 heterocycles. The lowest BCUT2D eigenvalue weighted by Crippen LogP contribution is -1.26. The molecule has 0 aromatic heterocycles. The number of hydrogen-bond acceptors (Lipinski definition) is 4. The third-order valence-electron chi connectivity index (χ3n) is 0.0500. The van der Waals surface area contributed by atoms with Crippen LogP contribution in [0.5, 0.6) is 0 Å². The Bertz CT molecular complexity index is 119. The zero-order chi connectivity index (χ0) is 6.12. The van der Waals surface area contributed by atoms with Crippen molar-refractivity contribution in [2.45, 2.75) is 0 Å². The lowest BCUT2D eigenvalue weighted by atomic mass is 10.9. The lowest BCUT2D eigenvalue weighted by molar-refractivity contribution is 1.49. The van der Waals surface area contributed by atoms with Crippen LogP contribution in [0, 0.1) is 28.1 Å². The van der Waals surface area contributed by atoms with Crippen LogP contribution in [-0.2, 0) is 0 Å². The zero-order valence-corrected chi connectivity index (χ0v) is 4.12. The molecule has 34 valence electrons. The summed E-state index contributed by atoms with van der Waals surface area (Å²) < 4.78 is 0. The van der Waals surface area contributed by atoms with Crippen LogP contribution < -0.4 is 0 Å². The number of nitriles is 2. The number of nitrogens with one attached hydrogen (secondary N) is 1. The molecule has 4 heteroatoms. The first-order chi connectivity index (χ1) is 3.33. The highest BCUT2D eigenvalue weighted by Crippen LogP contribution is 1.27. The molecule has 0 aliphatic rings. The van der Waals surface area contributed by atoms with E-state index in [1.54, 1.807) is 5.16 Å². The summed E-state index contributed by atoms with van der Waals surface area (Å²) in [7, 11) is 0. The van der Waals surface area contributed by atoms with Crippen molar-refractivity contribution in [3.63, 3.8) is 0 Å². The molecule has 0 rings (SSSR count). The molecule has 0 unspecified atom stereocenters. The van der Waals surface area contributed by atoms with Crippen LogP contribution in [0.1, 0.15) is 0 Å². The molecule has 0 atom stereocenters. The Kier molecular flexibility index (Phi) is 28.5. The maximum absolute atomic E-state index is 7.26. The number of thiocarbonyl (C=S) groups is 1. The number of isothiocyanates is 1. The molecule has 7 heavy (non-hydrogen) atoms. The topological polar surface area (TPSA) is 71.4 Å². The first kappa shape index (κ1) is 9.24. The Hall–Kier alpha value is -1.22. The van der Waals surface area contributed by atoms with Gasteiger partial charge in [0.05, 0.1) is 5.16 Å². The second kappa shape index (κ2) is 21.6. The smallest absolute Gasteiger partial charge is 0.181 e. The predicted molar refractivity (Wildman–Crippen MR) is 26.5 cm³/mol. The van der Waals surface area contributed by atoms with Crippen molar-refractivity contribution >= 4 is 17.4 Å². The van der Waals surface area contributed by atoms with Gasteiger partial charge in [-0.15, -0.1) is 0 Å². The van der Waals surface area contributed by atoms with Gasteiger partial charge in [-0.1, -0.05) is 0 Å². The summed E-state index contributed by atoms with van der Waals surface area (Å²) in [5.74, 6) is 0. The molecule has 0 radical (unpaired) electrons. The molecule has 1 N–H and O–H groups in total. The summed E-state index contributed by atoms with van der Waals surface area (Å²) in [6, 6.07) is 2.47. The average molecular weight is 111 g/mol. The van der Waals surface area contributed by atoms with Gasteiger partial charge in [-0.2, -0.15) is 10.5 Å². The van der Waals surface area contributed by atoms with Crippen molar-refractivity contribution in [2.24, 2.45) is 0 Å². The number of hydrogen-bond donors (Lipinski definition) is 1. The molecular weight excluding hydrogens is 110 g/mol. The fourth-order valence-electron chi connectivity index (χ4n) is 0. The summed E-state index contributed by atoms with van der Waals surface area (Å²) in [6.45, 7) is 0. The number of rotatable bonds is 0. The van der Waals surface area contributed by atoms with E-state index in [9.17, 15) is 0 Å². The van der Waals surface area contributed by atoms with Crippen LogP contribution in [0.4, 0.5) is 0 Å². The first-order valence-electron chi connectivity index (χ1n) is 1.15. The fraction of sp³-hybridized carbons (Fsp3) is 0. The summed E-state index contributed by atoms with van der Waals surface area (Å²) in [4.78, 5) is 0. The largest absolute Gasteiger partial charge is 0.248 e. The number of nitrogens with zero attached hydrogens (tertiary/aromatic N) is 2. The third kappa shape index (κ3) is 763. The third-order valence-corrected chi connectivity index (χ3v) is 0.0500. The van der Waals surface area contributed by atoms with E-state index in [2.05, 4.69) is 12.2 Å². The van der Waals surface area contributed by atoms with Crippen LogP contribution >= 0.6 is 12.2 Å². The predicted octanol–water partition coefficient (Wildman–Crippen LogP) is 0.702. The van der Waals surface area contributed by atoms with Crippen molar-refractivity contribution in [1.29, 1.82) is 15.9 Å². The second-order valence-electron chi connectivity index (χ2n) is 0.326. The van der Waals surface area contributed by atoms with Crippen LogP contribution in [0.25, 0.3) is 0 Å². The molecule has 3 nitrogen and oxygen atoms in total. The average Bonchev–Trinajstić information content (AvgIpc) is 1.69. The van der Waals surface area contributed by atoms with Crippen molar-refractivity contribution in [3.05, 3.63) is 0 Å². The summed E-state index contributed by atoms with van der Waals surface area (Å²) in [5, 5.41) is 21.9. The zero-order valence-electron chi connectivity index (χ0n) is 3.30. The summed E-state index contributed by atoms with van der Waals surface area (Å²) in [5.41, 5.74) is 0. The molecule has 0 aliphatic heterocycles. The highest BCUT2D eigenvalue weighted by atomic mass is 32.1. The van der Waals surface area contributed by atoms with Crippen molar-refractivity contribution < 1.29 is 0 Å². The Morgan fingerprint density at radius 3 is 1.43 bits per heavy atom. The normalized spacial score (nSPS) is 2.57. The van der Waals surface area contributed by atoms with E-state index in [-0.39, 0.29) is 0 Å². The summed E-state index contributed by atoms with van der Waals surface area (Å²) >= 11 is 3.81. The van der Waals surface area contributed by atoms with Gasteiger partial charge in [0, 0.05) is 0 Å². The first-order valence-corrected chi connectivity index (χ1v) is 1.56. The highest BCUT2D eigenvalue weighted by molar-refractivity contribution is 7.78. The van der Waals surface area contributed by atoms with E-state index < -0.39 is 0 Å². The Balaban J connectivity index is 0. The van der Waals surface area contributed by atoms with Gasteiger partial charge in [-0.25, -0.2) is 5.41 Å². The maximum atomic E-state index is 7.26. The molecule has 0 aromatic carbocycles. The van der Waals surface area contributed by atoms with Gasteiger partial charge < -0.3 is 0 Å². The van der Waals surface area contributed by atoms with Crippen LogP contribution in [-0.4, -0.2) is 5.16 Å². The Morgan fingerprint density at radius 1 is 1.29 bits per heavy atom. The highest BCUT2D eigenvalue weighted by Gasteiger charge is 1.39.